The maximum Gasteiger partial charge on any atom is 0.257 e. The summed E-state index contributed by atoms with van der Waals surface area (Å²) >= 11 is 0. The lowest BCUT2D eigenvalue weighted by atomic mass is 9.99. The molecule has 0 unspecified atom stereocenters. The number of carbonyl (C=O) groups excluding carboxylic acids is 1. The second-order valence-electron chi connectivity index (χ2n) is 3.91. The minimum Gasteiger partial charge on any atom is -0.505 e. The number of phenolic OH excluding ortho intramolecular Hbond substituents is 1. The van der Waals surface area contributed by atoms with E-state index in [1.54, 1.807) is 33.2 Å². The van der Waals surface area contributed by atoms with Crippen LogP contribution in [0, 0.1) is 0 Å². The van der Waals surface area contributed by atoms with Crippen LogP contribution in [0.15, 0.2) is 18.7 Å². The largest absolute Gasteiger partial charge is 0.505 e. The number of allylic oxidation sites excluding steroid dienone is 1. The molecule has 1 aromatic carbocycles. The molecular weight excluding hydrogens is 204 g/mol. The highest BCUT2D eigenvalue weighted by atomic mass is 16.3. The lowest BCUT2D eigenvalue weighted by Gasteiger charge is -2.16. The molecule has 0 radical (unpaired) electrons. The summed E-state index contributed by atoms with van der Waals surface area (Å²) in [6, 6.07) is 3.25. The molecule has 1 rings (SSSR count). The molecule has 4 heteroatoms. The standard InChI is InChI=1S/C12H16N2O2/c1-7(2)8-5-6-9(13)11(15)10(8)12(16)14(3)4/h5-6,15H,1,13H2,2-4H3. The number of nitrogens with zero attached hydrogens (tertiary/aromatic N) is 1. The van der Waals surface area contributed by atoms with E-state index < -0.39 is 0 Å². The fraction of sp³-hybridized carbons (Fsp3) is 0.250. The van der Waals surface area contributed by atoms with E-state index in [4.69, 9.17) is 5.73 Å². The Labute approximate surface area is 95.0 Å². The first kappa shape index (κ1) is 12.1. The van der Waals surface area contributed by atoms with Crippen molar-refractivity contribution in [2.45, 2.75) is 6.92 Å². The Morgan fingerprint density at radius 3 is 2.44 bits per heavy atom. The van der Waals surface area contributed by atoms with E-state index in [2.05, 4.69) is 6.58 Å². The van der Waals surface area contributed by atoms with Crippen LogP contribution in [0.1, 0.15) is 22.8 Å². The molecule has 0 spiro atoms. The van der Waals surface area contributed by atoms with Crippen molar-refractivity contribution in [3.8, 4) is 5.75 Å². The predicted octanol–water partition coefficient (Wildman–Crippen LogP) is 1.71. The number of carbonyl (C=O) groups is 1. The molecule has 0 aliphatic carbocycles. The highest BCUT2D eigenvalue weighted by molar-refractivity contribution is 6.02. The quantitative estimate of drug-likeness (QED) is 0.589. The summed E-state index contributed by atoms with van der Waals surface area (Å²) in [7, 11) is 3.24. The van der Waals surface area contributed by atoms with Gasteiger partial charge in [0.05, 0.1) is 11.3 Å². The smallest absolute Gasteiger partial charge is 0.257 e. The van der Waals surface area contributed by atoms with E-state index >= 15 is 0 Å². The van der Waals surface area contributed by atoms with Crippen LogP contribution in [0.25, 0.3) is 5.57 Å². The maximum absolute atomic E-state index is 11.9. The summed E-state index contributed by atoms with van der Waals surface area (Å²) in [6.07, 6.45) is 0. The van der Waals surface area contributed by atoms with Gasteiger partial charge in [-0.25, -0.2) is 0 Å². The molecule has 0 aliphatic heterocycles. The first-order chi connectivity index (χ1) is 7.36. The molecule has 3 N–H and O–H groups in total. The lowest BCUT2D eigenvalue weighted by molar-refractivity contribution is 0.0824. The van der Waals surface area contributed by atoms with Crippen LogP contribution in [0.2, 0.25) is 0 Å². The van der Waals surface area contributed by atoms with Crippen molar-refractivity contribution < 1.29 is 9.90 Å². The molecule has 4 nitrogen and oxygen atoms in total. The normalized spacial score (nSPS) is 9.94. The van der Waals surface area contributed by atoms with Gasteiger partial charge in [-0.3, -0.25) is 4.79 Å². The summed E-state index contributed by atoms with van der Waals surface area (Å²) in [5.41, 5.74) is 7.30. The molecule has 0 aliphatic rings. The van der Waals surface area contributed by atoms with Gasteiger partial charge in [-0.15, -0.1) is 0 Å². The Bertz CT molecular complexity index is 451. The molecule has 1 amide bonds. The highest BCUT2D eigenvalue weighted by Gasteiger charge is 2.20. The number of hydrogen-bond acceptors (Lipinski definition) is 3. The number of rotatable bonds is 2. The van der Waals surface area contributed by atoms with Crippen molar-refractivity contribution in [1.82, 2.24) is 4.90 Å². The van der Waals surface area contributed by atoms with Gasteiger partial charge in [0.2, 0.25) is 0 Å². The van der Waals surface area contributed by atoms with E-state index in [9.17, 15) is 9.90 Å². The molecule has 0 fully saturated rings. The molecule has 0 bridgehead atoms. The molecule has 0 heterocycles. The number of nitrogen functional groups attached to an aromatic ring is 1. The van der Waals surface area contributed by atoms with Crippen LogP contribution >= 0.6 is 0 Å². The average Bonchev–Trinajstić information content (AvgIpc) is 2.20. The molecule has 86 valence electrons. The Kier molecular flexibility index (Phi) is 3.22. The van der Waals surface area contributed by atoms with Crippen molar-refractivity contribution in [2.24, 2.45) is 0 Å². The Hall–Kier alpha value is -1.97. The van der Waals surface area contributed by atoms with Gasteiger partial charge >= 0.3 is 0 Å². The summed E-state index contributed by atoms with van der Waals surface area (Å²) in [5, 5.41) is 9.83. The SMILES string of the molecule is C=C(C)c1ccc(N)c(O)c1C(=O)N(C)C. The Morgan fingerprint density at radius 1 is 1.44 bits per heavy atom. The second-order valence-corrected chi connectivity index (χ2v) is 3.91. The first-order valence-corrected chi connectivity index (χ1v) is 4.85. The van der Waals surface area contributed by atoms with Gasteiger partial charge < -0.3 is 15.7 Å². The number of phenols is 1. The van der Waals surface area contributed by atoms with Crippen molar-refractivity contribution in [2.75, 3.05) is 19.8 Å². The van der Waals surface area contributed by atoms with Crippen molar-refractivity contribution in [3.63, 3.8) is 0 Å². The molecule has 0 aromatic heterocycles. The van der Waals surface area contributed by atoms with Crippen LogP contribution in [0.5, 0.6) is 5.75 Å². The summed E-state index contributed by atoms with van der Waals surface area (Å²) in [5.74, 6) is -0.470. The van der Waals surface area contributed by atoms with Crippen molar-refractivity contribution >= 4 is 17.2 Å². The number of benzene rings is 1. The topological polar surface area (TPSA) is 66.6 Å². The average molecular weight is 220 g/mol. The van der Waals surface area contributed by atoms with E-state index in [1.165, 1.54) is 4.90 Å². The van der Waals surface area contributed by atoms with Gasteiger partial charge in [0.25, 0.3) is 5.91 Å². The van der Waals surface area contributed by atoms with Gasteiger partial charge in [0.15, 0.2) is 5.75 Å². The Balaban J connectivity index is 3.49. The lowest BCUT2D eigenvalue weighted by Crippen LogP contribution is -2.23. The molecule has 0 atom stereocenters. The number of aromatic hydroxyl groups is 1. The monoisotopic (exact) mass is 220 g/mol. The summed E-state index contributed by atoms with van der Waals surface area (Å²) in [6.45, 7) is 5.55. The molecule has 0 saturated carbocycles. The van der Waals surface area contributed by atoms with E-state index in [1.807, 2.05) is 0 Å². The van der Waals surface area contributed by atoms with Gasteiger partial charge in [-0.1, -0.05) is 18.2 Å². The van der Waals surface area contributed by atoms with Crippen LogP contribution in [0.4, 0.5) is 5.69 Å². The number of amides is 1. The second kappa shape index (κ2) is 4.26. The minimum atomic E-state index is -0.289. The van der Waals surface area contributed by atoms with Gasteiger partial charge in [-0.05, 0) is 18.6 Å². The van der Waals surface area contributed by atoms with Gasteiger partial charge in [0, 0.05) is 14.1 Å². The minimum absolute atomic E-state index is 0.181. The predicted molar refractivity (Wildman–Crippen MR) is 65.2 cm³/mol. The van der Waals surface area contributed by atoms with Crippen LogP contribution in [-0.2, 0) is 0 Å². The van der Waals surface area contributed by atoms with E-state index in [0.29, 0.717) is 11.1 Å². The molecular formula is C12H16N2O2. The number of nitrogens with two attached hydrogens (primary N) is 1. The number of anilines is 1. The van der Waals surface area contributed by atoms with Crippen LogP contribution in [-0.4, -0.2) is 30.0 Å². The molecule has 16 heavy (non-hydrogen) atoms. The van der Waals surface area contributed by atoms with Gasteiger partial charge in [0.1, 0.15) is 0 Å². The summed E-state index contributed by atoms with van der Waals surface area (Å²) in [4.78, 5) is 13.3. The maximum atomic E-state index is 11.9. The fourth-order valence-corrected chi connectivity index (χ4v) is 1.40. The van der Waals surface area contributed by atoms with Crippen molar-refractivity contribution in [1.29, 1.82) is 0 Å². The third-order valence-corrected chi connectivity index (χ3v) is 2.29. The first-order valence-electron chi connectivity index (χ1n) is 4.85. The van der Waals surface area contributed by atoms with E-state index in [-0.39, 0.29) is 22.9 Å². The van der Waals surface area contributed by atoms with E-state index in [0.717, 1.165) is 0 Å². The summed E-state index contributed by atoms with van der Waals surface area (Å²) < 4.78 is 0. The third-order valence-electron chi connectivity index (χ3n) is 2.29. The third kappa shape index (κ3) is 2.00. The highest BCUT2D eigenvalue weighted by Crippen LogP contribution is 2.32. The number of hydrogen-bond donors (Lipinski definition) is 2. The molecule has 1 aromatic rings. The Morgan fingerprint density at radius 2 is 2.00 bits per heavy atom. The van der Waals surface area contributed by atoms with Gasteiger partial charge in [-0.2, -0.15) is 0 Å². The molecule has 0 saturated heterocycles. The zero-order valence-corrected chi connectivity index (χ0v) is 9.74. The van der Waals surface area contributed by atoms with Crippen LogP contribution in [0.3, 0.4) is 0 Å². The fourth-order valence-electron chi connectivity index (χ4n) is 1.40. The van der Waals surface area contributed by atoms with Crippen LogP contribution < -0.4 is 5.73 Å². The van der Waals surface area contributed by atoms with Crippen molar-refractivity contribution in [3.05, 3.63) is 29.8 Å². The zero-order chi connectivity index (χ0) is 12.5. The zero-order valence-electron chi connectivity index (χ0n) is 9.74.